The molecule has 4 saturated carbocycles. The molecule has 8 atom stereocenters. The lowest BCUT2D eigenvalue weighted by atomic mass is 9.44. The number of hydrogen-bond acceptors (Lipinski definition) is 3. The maximum Gasteiger partial charge on any atom is 0.139 e. The molecule has 3 nitrogen and oxygen atoms in total. The van der Waals surface area contributed by atoms with E-state index >= 15 is 0 Å². The molecule has 28 heavy (non-hydrogen) atoms. The fourth-order valence-electron chi connectivity index (χ4n) is 8.17. The van der Waals surface area contributed by atoms with Crippen molar-refractivity contribution in [2.24, 2.45) is 46.3 Å². The maximum absolute atomic E-state index is 13.4. The van der Waals surface area contributed by atoms with Crippen LogP contribution >= 0.6 is 0 Å². The molecule has 1 saturated heterocycles. The molecule has 3 heteroatoms. The molecule has 5 rings (SSSR count). The summed E-state index contributed by atoms with van der Waals surface area (Å²) < 4.78 is 0. The van der Waals surface area contributed by atoms with Gasteiger partial charge in [-0.15, -0.1) is 0 Å². The Bertz CT molecular complexity index is 693. The summed E-state index contributed by atoms with van der Waals surface area (Å²) in [4.78, 5) is 25.9. The summed E-state index contributed by atoms with van der Waals surface area (Å²) in [6.45, 7) is 6.91. The molecule has 0 radical (unpaired) electrons. The Kier molecular flexibility index (Phi) is 4.61. The van der Waals surface area contributed by atoms with Crippen molar-refractivity contribution in [3.05, 3.63) is 12.2 Å². The van der Waals surface area contributed by atoms with Gasteiger partial charge in [0.1, 0.15) is 11.6 Å². The van der Waals surface area contributed by atoms with Crippen molar-refractivity contribution in [2.75, 3.05) is 13.1 Å². The first-order valence-corrected chi connectivity index (χ1v) is 11.9. The van der Waals surface area contributed by atoms with E-state index in [0.29, 0.717) is 41.2 Å². The summed E-state index contributed by atoms with van der Waals surface area (Å²) in [7, 11) is 0. The zero-order valence-electron chi connectivity index (χ0n) is 17.7. The fourth-order valence-corrected chi connectivity index (χ4v) is 8.17. The van der Waals surface area contributed by atoms with Gasteiger partial charge in [-0.2, -0.15) is 0 Å². The maximum atomic E-state index is 13.4. The van der Waals surface area contributed by atoms with Gasteiger partial charge in [0, 0.05) is 30.7 Å². The molecule has 1 heterocycles. The van der Waals surface area contributed by atoms with E-state index in [1.54, 1.807) is 0 Å². The lowest BCUT2D eigenvalue weighted by Crippen LogP contribution is -2.56. The molecule has 0 bridgehead atoms. The Morgan fingerprint density at radius 3 is 2.57 bits per heavy atom. The van der Waals surface area contributed by atoms with Crippen LogP contribution < -0.4 is 5.32 Å². The molecule has 154 valence electrons. The van der Waals surface area contributed by atoms with Gasteiger partial charge in [-0.3, -0.25) is 9.59 Å². The van der Waals surface area contributed by atoms with Gasteiger partial charge in [0.2, 0.25) is 0 Å². The first-order valence-electron chi connectivity index (χ1n) is 11.9. The zero-order chi connectivity index (χ0) is 19.5. The lowest BCUT2D eigenvalue weighted by Gasteiger charge is -2.59. The van der Waals surface area contributed by atoms with Crippen LogP contribution in [0.25, 0.3) is 0 Å². The minimum absolute atomic E-state index is 0.125. The van der Waals surface area contributed by atoms with Crippen LogP contribution in [0.2, 0.25) is 0 Å². The van der Waals surface area contributed by atoms with Crippen LogP contribution in [0.5, 0.6) is 0 Å². The molecule has 1 aliphatic heterocycles. The number of hydrogen-bond donors (Lipinski definition) is 1. The van der Waals surface area contributed by atoms with Crippen LogP contribution in [0.1, 0.15) is 71.6 Å². The molecule has 0 aromatic carbocycles. The Labute approximate surface area is 170 Å². The summed E-state index contributed by atoms with van der Waals surface area (Å²) in [5.74, 6) is 4.11. The Hall–Kier alpha value is -0.960. The highest BCUT2D eigenvalue weighted by Crippen LogP contribution is 2.65. The smallest absolute Gasteiger partial charge is 0.139 e. The van der Waals surface area contributed by atoms with Crippen molar-refractivity contribution in [1.82, 2.24) is 5.32 Å². The number of rotatable bonds is 2. The van der Waals surface area contributed by atoms with E-state index in [4.69, 9.17) is 0 Å². The van der Waals surface area contributed by atoms with Gasteiger partial charge in [-0.25, -0.2) is 0 Å². The molecule has 1 N–H and O–H groups in total. The van der Waals surface area contributed by atoms with Gasteiger partial charge in [0.15, 0.2) is 0 Å². The van der Waals surface area contributed by atoms with Gasteiger partial charge >= 0.3 is 0 Å². The molecule has 0 spiro atoms. The second-order valence-electron chi connectivity index (χ2n) is 11.2. The van der Waals surface area contributed by atoms with Crippen LogP contribution in [0.15, 0.2) is 12.2 Å². The number of Topliss-reactive ketones (excluding diaryl/α,β-unsaturated/α-hetero) is 2. The molecule has 4 aliphatic carbocycles. The average Bonchev–Trinajstić information content (AvgIpc) is 3.29. The van der Waals surface area contributed by atoms with Crippen LogP contribution in [0.4, 0.5) is 0 Å². The van der Waals surface area contributed by atoms with Gasteiger partial charge in [-0.05, 0) is 86.5 Å². The molecule has 0 amide bonds. The zero-order valence-corrected chi connectivity index (χ0v) is 17.7. The molecular formula is C25H37NO2. The van der Waals surface area contributed by atoms with Crippen molar-refractivity contribution < 1.29 is 9.59 Å². The van der Waals surface area contributed by atoms with E-state index in [9.17, 15) is 9.59 Å². The molecule has 0 aromatic heterocycles. The van der Waals surface area contributed by atoms with Crippen LogP contribution in [0.3, 0.4) is 0 Å². The van der Waals surface area contributed by atoms with Crippen molar-refractivity contribution in [2.45, 2.75) is 71.6 Å². The predicted octanol–water partition coefficient (Wildman–Crippen LogP) is 4.56. The molecule has 1 unspecified atom stereocenters. The minimum atomic E-state index is -0.125. The molecule has 0 aromatic rings. The number of carbonyl (C=O) groups excluding carboxylic acids is 2. The standard InChI is InChI=1S/C25H37NO2/c1-24-10-7-16(3-4-17-9-12-26-15-17)13-21(24)22(27)14-18-19-5-6-23(28)25(19,2)11-8-20(18)24/h3-4,16-21,26H,5-15H2,1-2H3/t16-,17-,18+,19+,20+,21?,24-,25+/m1/s1. The summed E-state index contributed by atoms with van der Waals surface area (Å²) in [6.07, 6.45) is 14.4. The van der Waals surface area contributed by atoms with Crippen molar-refractivity contribution in [1.29, 1.82) is 0 Å². The van der Waals surface area contributed by atoms with E-state index in [0.717, 1.165) is 51.6 Å². The fraction of sp³-hybridized carbons (Fsp3) is 0.840. The van der Waals surface area contributed by atoms with E-state index in [1.807, 2.05) is 0 Å². The van der Waals surface area contributed by atoms with Gasteiger partial charge < -0.3 is 5.32 Å². The van der Waals surface area contributed by atoms with E-state index in [2.05, 4.69) is 31.3 Å². The minimum Gasteiger partial charge on any atom is -0.316 e. The number of carbonyl (C=O) groups is 2. The highest BCUT2D eigenvalue weighted by Gasteiger charge is 2.62. The number of allylic oxidation sites excluding steroid dienone is 1. The van der Waals surface area contributed by atoms with E-state index < -0.39 is 0 Å². The Morgan fingerprint density at radius 1 is 0.964 bits per heavy atom. The summed E-state index contributed by atoms with van der Waals surface area (Å²) >= 11 is 0. The van der Waals surface area contributed by atoms with Crippen LogP contribution in [-0.4, -0.2) is 24.7 Å². The van der Waals surface area contributed by atoms with E-state index in [-0.39, 0.29) is 16.7 Å². The second-order valence-corrected chi connectivity index (χ2v) is 11.2. The first-order chi connectivity index (χ1) is 13.4. The Morgan fingerprint density at radius 2 is 1.79 bits per heavy atom. The highest BCUT2D eigenvalue weighted by molar-refractivity contribution is 5.88. The average molecular weight is 384 g/mol. The largest absolute Gasteiger partial charge is 0.316 e. The van der Waals surface area contributed by atoms with Crippen LogP contribution in [0, 0.1) is 46.3 Å². The lowest BCUT2D eigenvalue weighted by molar-refractivity contribution is -0.157. The normalized spacial score (nSPS) is 51.2. The number of nitrogens with one attached hydrogen (secondary N) is 1. The molecular weight excluding hydrogens is 346 g/mol. The highest BCUT2D eigenvalue weighted by atomic mass is 16.1. The van der Waals surface area contributed by atoms with E-state index in [1.165, 1.54) is 19.3 Å². The third-order valence-corrected chi connectivity index (χ3v) is 9.96. The molecule has 5 fully saturated rings. The third kappa shape index (κ3) is 2.79. The van der Waals surface area contributed by atoms with Crippen molar-refractivity contribution in [3.8, 4) is 0 Å². The summed E-state index contributed by atoms with van der Waals surface area (Å²) in [5.41, 5.74) is 0.0477. The summed E-state index contributed by atoms with van der Waals surface area (Å²) in [5, 5.41) is 3.44. The van der Waals surface area contributed by atoms with Crippen molar-refractivity contribution in [3.63, 3.8) is 0 Å². The Balaban J connectivity index is 1.34. The SMILES string of the molecule is C[C@]12CC[C@@H](C=C[C@@H]3CCNC3)CC1C(=O)C[C@@H]1[C@@H]2CC[C@]2(C)C(=O)CC[C@@H]12. The number of fused-ring (bicyclic) bond motifs is 5. The first kappa shape index (κ1) is 19.0. The third-order valence-electron chi connectivity index (χ3n) is 9.96. The summed E-state index contributed by atoms with van der Waals surface area (Å²) in [6, 6.07) is 0. The topological polar surface area (TPSA) is 46.2 Å². The molecule has 5 aliphatic rings. The quantitative estimate of drug-likeness (QED) is 0.711. The van der Waals surface area contributed by atoms with Gasteiger partial charge in [0.25, 0.3) is 0 Å². The predicted molar refractivity (Wildman–Crippen MR) is 111 cm³/mol. The van der Waals surface area contributed by atoms with Crippen molar-refractivity contribution >= 4 is 11.6 Å². The monoisotopic (exact) mass is 383 g/mol. The van der Waals surface area contributed by atoms with Crippen LogP contribution in [-0.2, 0) is 9.59 Å². The van der Waals surface area contributed by atoms with Gasteiger partial charge in [-0.1, -0.05) is 26.0 Å². The van der Waals surface area contributed by atoms with Gasteiger partial charge in [0.05, 0.1) is 0 Å². The number of ketones is 2. The second kappa shape index (κ2) is 6.79.